The third kappa shape index (κ3) is 2.74. The van der Waals surface area contributed by atoms with E-state index in [0.717, 1.165) is 29.2 Å². The minimum atomic E-state index is 0.748. The summed E-state index contributed by atoms with van der Waals surface area (Å²) in [6, 6.07) is 5.05. The lowest BCUT2D eigenvalue weighted by Gasteiger charge is -2.40. The summed E-state index contributed by atoms with van der Waals surface area (Å²) in [5, 5.41) is 0. The Morgan fingerprint density at radius 2 is 1.95 bits per heavy atom. The van der Waals surface area contributed by atoms with Crippen LogP contribution < -0.4 is 4.74 Å². The quantitative estimate of drug-likeness (QED) is 0.824. The molecule has 3 rings (SSSR count). The summed E-state index contributed by atoms with van der Waals surface area (Å²) in [7, 11) is 3.97. The number of hydrogen-bond acceptors (Lipinski definition) is 3. The van der Waals surface area contributed by atoms with Crippen LogP contribution in [0.2, 0.25) is 0 Å². The van der Waals surface area contributed by atoms with Crippen molar-refractivity contribution in [2.75, 3.05) is 33.8 Å². The summed E-state index contributed by atoms with van der Waals surface area (Å²) in [5.41, 5.74) is 2.90. The zero-order valence-corrected chi connectivity index (χ0v) is 13.9. The SMILES string of the molecule is COc1ccc2c(c1Br)CN(C1CCN(C)CC1)CC2. The molecule has 1 aromatic rings. The third-order valence-electron chi connectivity index (χ3n) is 4.76. The molecule has 0 radical (unpaired) electrons. The second kappa shape index (κ2) is 6.04. The standard InChI is InChI=1S/C16H23BrN2O/c1-18-8-6-13(7-9-18)19-10-5-12-3-4-15(20-2)16(17)14(12)11-19/h3-4,13H,5-11H2,1-2H3. The summed E-state index contributed by atoms with van der Waals surface area (Å²) < 4.78 is 6.58. The Kier molecular flexibility index (Phi) is 4.34. The molecule has 0 amide bonds. The molecule has 0 unspecified atom stereocenters. The molecular weight excluding hydrogens is 316 g/mol. The maximum atomic E-state index is 5.43. The van der Waals surface area contributed by atoms with Gasteiger partial charge in [-0.15, -0.1) is 0 Å². The lowest BCUT2D eigenvalue weighted by Crippen LogP contribution is -2.45. The molecule has 1 saturated heterocycles. The van der Waals surface area contributed by atoms with E-state index in [2.05, 4.69) is 44.9 Å². The van der Waals surface area contributed by atoms with Gasteiger partial charge in [0.25, 0.3) is 0 Å². The second-order valence-corrected chi connectivity index (χ2v) is 6.77. The molecule has 0 bridgehead atoms. The molecule has 20 heavy (non-hydrogen) atoms. The van der Waals surface area contributed by atoms with Gasteiger partial charge in [-0.2, -0.15) is 0 Å². The van der Waals surface area contributed by atoms with Crippen LogP contribution in [0.4, 0.5) is 0 Å². The molecule has 1 fully saturated rings. The molecule has 0 saturated carbocycles. The van der Waals surface area contributed by atoms with Gasteiger partial charge >= 0.3 is 0 Å². The van der Waals surface area contributed by atoms with Crippen molar-refractivity contribution < 1.29 is 4.74 Å². The van der Waals surface area contributed by atoms with E-state index in [1.54, 1.807) is 7.11 Å². The smallest absolute Gasteiger partial charge is 0.133 e. The minimum Gasteiger partial charge on any atom is -0.496 e. The van der Waals surface area contributed by atoms with Crippen LogP contribution in [0.5, 0.6) is 5.75 Å². The number of rotatable bonds is 2. The Hall–Kier alpha value is -0.580. The second-order valence-electron chi connectivity index (χ2n) is 5.97. The van der Waals surface area contributed by atoms with Crippen LogP contribution in [0.25, 0.3) is 0 Å². The van der Waals surface area contributed by atoms with Gasteiger partial charge in [0.15, 0.2) is 0 Å². The van der Waals surface area contributed by atoms with Gasteiger partial charge in [-0.1, -0.05) is 6.07 Å². The molecule has 2 heterocycles. The van der Waals surface area contributed by atoms with E-state index in [-0.39, 0.29) is 0 Å². The van der Waals surface area contributed by atoms with E-state index in [9.17, 15) is 0 Å². The number of ether oxygens (including phenoxy) is 1. The van der Waals surface area contributed by atoms with Gasteiger partial charge in [0, 0.05) is 19.1 Å². The highest BCUT2D eigenvalue weighted by Gasteiger charge is 2.27. The average molecular weight is 339 g/mol. The highest BCUT2D eigenvalue weighted by Crippen LogP contribution is 2.35. The van der Waals surface area contributed by atoms with E-state index in [1.807, 2.05) is 0 Å². The molecule has 2 aliphatic rings. The molecule has 2 aliphatic heterocycles. The fourth-order valence-corrected chi connectivity index (χ4v) is 4.09. The third-order valence-corrected chi connectivity index (χ3v) is 5.63. The van der Waals surface area contributed by atoms with Crippen molar-refractivity contribution in [3.63, 3.8) is 0 Å². The summed E-state index contributed by atoms with van der Waals surface area (Å²) in [5.74, 6) is 0.953. The van der Waals surface area contributed by atoms with Crippen LogP contribution >= 0.6 is 15.9 Å². The molecule has 3 nitrogen and oxygen atoms in total. The van der Waals surface area contributed by atoms with Gasteiger partial charge < -0.3 is 9.64 Å². The van der Waals surface area contributed by atoms with Crippen molar-refractivity contribution in [2.45, 2.75) is 31.8 Å². The van der Waals surface area contributed by atoms with Gasteiger partial charge in [0.1, 0.15) is 5.75 Å². The first-order valence-corrected chi connectivity index (χ1v) is 8.25. The van der Waals surface area contributed by atoms with Crippen LogP contribution in [-0.2, 0) is 13.0 Å². The number of hydrogen-bond donors (Lipinski definition) is 0. The number of fused-ring (bicyclic) bond motifs is 1. The average Bonchev–Trinajstić information content (AvgIpc) is 2.48. The fourth-order valence-electron chi connectivity index (χ4n) is 3.42. The van der Waals surface area contributed by atoms with E-state index >= 15 is 0 Å². The van der Waals surface area contributed by atoms with Gasteiger partial charge in [-0.05, 0) is 72.5 Å². The number of likely N-dealkylation sites (tertiary alicyclic amines) is 1. The molecule has 1 aromatic carbocycles. The lowest BCUT2D eigenvalue weighted by molar-refractivity contribution is 0.109. The number of benzene rings is 1. The molecule has 0 spiro atoms. The van der Waals surface area contributed by atoms with Crippen molar-refractivity contribution in [1.82, 2.24) is 9.80 Å². The van der Waals surface area contributed by atoms with Crippen LogP contribution in [0, 0.1) is 0 Å². The number of halogens is 1. The van der Waals surface area contributed by atoms with Crippen molar-refractivity contribution in [3.05, 3.63) is 27.7 Å². The van der Waals surface area contributed by atoms with Crippen molar-refractivity contribution in [3.8, 4) is 5.75 Å². The van der Waals surface area contributed by atoms with Crippen LogP contribution in [0.3, 0.4) is 0 Å². The van der Waals surface area contributed by atoms with E-state index in [1.165, 1.54) is 43.6 Å². The zero-order valence-electron chi connectivity index (χ0n) is 12.4. The molecule has 0 N–H and O–H groups in total. The number of piperidine rings is 1. The predicted octanol–water partition coefficient (Wildman–Crippen LogP) is 2.91. The summed E-state index contributed by atoms with van der Waals surface area (Å²) in [6.45, 7) is 4.71. The van der Waals surface area contributed by atoms with Gasteiger partial charge in [-0.25, -0.2) is 0 Å². The summed E-state index contributed by atoms with van der Waals surface area (Å²) in [4.78, 5) is 5.10. The molecular formula is C16H23BrN2O. The molecule has 0 aliphatic carbocycles. The Bertz CT molecular complexity index is 484. The molecule has 0 aromatic heterocycles. The lowest BCUT2D eigenvalue weighted by atomic mass is 9.95. The highest BCUT2D eigenvalue weighted by atomic mass is 79.9. The monoisotopic (exact) mass is 338 g/mol. The topological polar surface area (TPSA) is 15.7 Å². The number of methoxy groups -OCH3 is 1. The Morgan fingerprint density at radius 1 is 1.20 bits per heavy atom. The molecule has 110 valence electrons. The Balaban J connectivity index is 1.77. The Morgan fingerprint density at radius 3 is 2.65 bits per heavy atom. The van der Waals surface area contributed by atoms with Crippen molar-refractivity contribution in [1.29, 1.82) is 0 Å². The first-order chi connectivity index (χ1) is 9.69. The van der Waals surface area contributed by atoms with Crippen molar-refractivity contribution >= 4 is 15.9 Å². The Labute approximate surface area is 130 Å². The molecule has 0 atom stereocenters. The maximum absolute atomic E-state index is 5.43. The largest absolute Gasteiger partial charge is 0.496 e. The van der Waals surface area contributed by atoms with Gasteiger partial charge in [0.05, 0.1) is 11.6 Å². The van der Waals surface area contributed by atoms with Crippen molar-refractivity contribution in [2.24, 2.45) is 0 Å². The van der Waals surface area contributed by atoms with E-state index < -0.39 is 0 Å². The van der Waals surface area contributed by atoms with E-state index in [0.29, 0.717) is 0 Å². The predicted molar refractivity (Wildman–Crippen MR) is 85.3 cm³/mol. The van der Waals surface area contributed by atoms with Crippen LogP contribution in [0.1, 0.15) is 24.0 Å². The highest BCUT2D eigenvalue weighted by molar-refractivity contribution is 9.10. The minimum absolute atomic E-state index is 0.748. The van der Waals surface area contributed by atoms with E-state index in [4.69, 9.17) is 4.74 Å². The van der Waals surface area contributed by atoms with Crippen LogP contribution in [-0.4, -0.2) is 49.6 Å². The van der Waals surface area contributed by atoms with Gasteiger partial charge in [-0.3, -0.25) is 4.90 Å². The zero-order chi connectivity index (χ0) is 14.1. The van der Waals surface area contributed by atoms with Crippen LogP contribution in [0.15, 0.2) is 16.6 Å². The first kappa shape index (κ1) is 14.4. The normalized spacial score (nSPS) is 21.8. The summed E-state index contributed by atoms with van der Waals surface area (Å²) in [6.07, 6.45) is 3.76. The maximum Gasteiger partial charge on any atom is 0.133 e. The molecule has 4 heteroatoms. The van der Waals surface area contributed by atoms with Gasteiger partial charge in [0.2, 0.25) is 0 Å². The fraction of sp³-hybridized carbons (Fsp3) is 0.625. The summed E-state index contributed by atoms with van der Waals surface area (Å²) >= 11 is 3.73. The number of nitrogens with zero attached hydrogens (tertiary/aromatic N) is 2. The first-order valence-electron chi connectivity index (χ1n) is 7.46.